The molecule has 1 heterocycles. The first-order chi connectivity index (χ1) is 16.3. The highest BCUT2D eigenvalue weighted by Gasteiger charge is 2.37. The lowest BCUT2D eigenvalue weighted by Crippen LogP contribution is -2.42. The lowest BCUT2D eigenvalue weighted by atomic mass is 9.92. The Balaban J connectivity index is 1.54. The maximum absolute atomic E-state index is 13.6. The van der Waals surface area contributed by atoms with Crippen LogP contribution < -0.4 is 10.2 Å². The molecule has 0 fully saturated rings. The van der Waals surface area contributed by atoms with Crippen molar-refractivity contribution in [3.63, 3.8) is 0 Å². The number of nitrogens with one attached hydrogen (secondary N) is 1. The molecule has 1 aliphatic heterocycles. The number of hydrogen-bond donors (Lipinski definition) is 1. The number of benzene rings is 3. The number of nitrogens with zero attached hydrogens (tertiary/aromatic N) is 2. The predicted molar refractivity (Wildman–Crippen MR) is 135 cm³/mol. The number of aryl methyl sites for hydroxylation is 1. The van der Waals surface area contributed by atoms with Crippen LogP contribution in [-0.2, 0) is 27.8 Å². The molecule has 7 heteroatoms. The van der Waals surface area contributed by atoms with Crippen molar-refractivity contribution in [1.82, 2.24) is 9.62 Å². The van der Waals surface area contributed by atoms with Crippen molar-refractivity contribution in [1.29, 1.82) is 0 Å². The summed E-state index contributed by atoms with van der Waals surface area (Å²) in [7, 11) is 0.215. The van der Waals surface area contributed by atoms with Crippen LogP contribution in [0, 0.1) is 6.92 Å². The molecule has 0 saturated carbocycles. The first-order valence-corrected chi connectivity index (χ1v) is 12.9. The molecule has 1 unspecified atom stereocenters. The molecule has 0 spiro atoms. The number of carbonyl (C=O) groups excluding carboxylic acids is 1. The summed E-state index contributed by atoms with van der Waals surface area (Å²) in [6.07, 6.45) is 0.690. The molecular weight excluding hydrogens is 446 g/mol. The second-order valence-corrected chi connectivity index (χ2v) is 10.8. The number of fused-ring (bicyclic) bond motifs is 1. The Labute approximate surface area is 202 Å². The van der Waals surface area contributed by atoms with Crippen LogP contribution in [0.1, 0.15) is 34.7 Å². The molecule has 6 nitrogen and oxygen atoms in total. The quantitative estimate of drug-likeness (QED) is 0.557. The van der Waals surface area contributed by atoms with E-state index >= 15 is 0 Å². The van der Waals surface area contributed by atoms with Crippen LogP contribution in [0.2, 0.25) is 0 Å². The van der Waals surface area contributed by atoms with Crippen LogP contribution >= 0.6 is 0 Å². The van der Waals surface area contributed by atoms with Gasteiger partial charge in [0.1, 0.15) is 0 Å². The first-order valence-electron chi connectivity index (χ1n) is 11.4. The lowest BCUT2D eigenvalue weighted by Gasteiger charge is -2.36. The fraction of sp³-hybridized carbons (Fsp3) is 0.296. The zero-order valence-electron chi connectivity index (χ0n) is 19.9. The van der Waals surface area contributed by atoms with Crippen LogP contribution in [0.15, 0.2) is 77.7 Å². The Hall–Kier alpha value is -3.16. The van der Waals surface area contributed by atoms with E-state index in [4.69, 9.17) is 0 Å². The second kappa shape index (κ2) is 9.99. The van der Waals surface area contributed by atoms with Crippen LogP contribution in [0.4, 0.5) is 5.69 Å². The summed E-state index contributed by atoms with van der Waals surface area (Å²) in [5.74, 6) is -0.178. The van der Waals surface area contributed by atoms with Crippen molar-refractivity contribution in [3.8, 4) is 0 Å². The summed E-state index contributed by atoms with van der Waals surface area (Å²) in [6, 6.07) is 22.1. The van der Waals surface area contributed by atoms with Gasteiger partial charge >= 0.3 is 0 Å². The topological polar surface area (TPSA) is 69.7 Å². The van der Waals surface area contributed by atoms with E-state index in [1.165, 1.54) is 4.31 Å². The number of rotatable bonds is 7. The second-order valence-electron chi connectivity index (χ2n) is 8.94. The predicted octanol–water partition coefficient (Wildman–Crippen LogP) is 4.06. The highest BCUT2D eigenvalue weighted by molar-refractivity contribution is 7.89. The summed E-state index contributed by atoms with van der Waals surface area (Å²) in [5.41, 5.74) is 5.07. The van der Waals surface area contributed by atoms with E-state index in [1.807, 2.05) is 74.4 Å². The average Bonchev–Trinajstić information content (AvgIpc) is 2.83. The maximum Gasteiger partial charge on any atom is 0.243 e. The molecule has 0 aromatic heterocycles. The minimum Gasteiger partial charge on any atom is -0.378 e. The molecule has 0 aliphatic carbocycles. The van der Waals surface area contributed by atoms with Crippen LogP contribution in [0.3, 0.4) is 0 Å². The molecule has 0 radical (unpaired) electrons. The monoisotopic (exact) mass is 477 g/mol. The van der Waals surface area contributed by atoms with Gasteiger partial charge in [-0.05, 0) is 54.3 Å². The molecular formula is C27H31N3O3S. The molecule has 0 saturated heterocycles. The molecule has 3 aromatic carbocycles. The van der Waals surface area contributed by atoms with Gasteiger partial charge in [-0.15, -0.1) is 0 Å². The van der Waals surface area contributed by atoms with Gasteiger partial charge in [0.15, 0.2) is 0 Å². The van der Waals surface area contributed by atoms with E-state index < -0.39 is 16.1 Å². The number of carbonyl (C=O) groups is 1. The first kappa shape index (κ1) is 24.0. The molecule has 3 aromatic rings. The zero-order valence-corrected chi connectivity index (χ0v) is 20.7. The zero-order chi connectivity index (χ0) is 24.3. The largest absolute Gasteiger partial charge is 0.378 e. The third-order valence-electron chi connectivity index (χ3n) is 6.31. The van der Waals surface area contributed by atoms with Gasteiger partial charge in [0, 0.05) is 39.3 Å². The van der Waals surface area contributed by atoms with E-state index in [9.17, 15) is 13.2 Å². The minimum absolute atomic E-state index is 0.0673. The Morgan fingerprint density at radius 2 is 1.68 bits per heavy atom. The average molecular weight is 478 g/mol. The Morgan fingerprint density at radius 3 is 2.35 bits per heavy atom. The van der Waals surface area contributed by atoms with Crippen LogP contribution in [0.25, 0.3) is 0 Å². The normalized spacial score (nSPS) is 16.0. The molecule has 178 valence electrons. The lowest BCUT2D eigenvalue weighted by molar-refractivity contribution is -0.122. The van der Waals surface area contributed by atoms with Crippen molar-refractivity contribution in [2.75, 3.05) is 25.5 Å². The molecule has 1 amide bonds. The van der Waals surface area contributed by atoms with E-state index in [-0.39, 0.29) is 17.2 Å². The maximum atomic E-state index is 13.6. The van der Waals surface area contributed by atoms with E-state index in [2.05, 4.69) is 5.32 Å². The summed E-state index contributed by atoms with van der Waals surface area (Å²) >= 11 is 0. The number of amides is 1. The molecule has 0 bridgehead atoms. The third-order valence-corrected chi connectivity index (χ3v) is 8.23. The van der Waals surface area contributed by atoms with Gasteiger partial charge in [0.25, 0.3) is 0 Å². The van der Waals surface area contributed by atoms with Gasteiger partial charge in [-0.2, -0.15) is 4.31 Å². The van der Waals surface area contributed by atoms with Crippen LogP contribution in [0.5, 0.6) is 0 Å². The van der Waals surface area contributed by atoms with E-state index in [0.29, 0.717) is 19.5 Å². The summed E-state index contributed by atoms with van der Waals surface area (Å²) in [4.78, 5) is 15.3. The van der Waals surface area contributed by atoms with Crippen molar-refractivity contribution >= 4 is 21.6 Å². The van der Waals surface area contributed by atoms with Crippen molar-refractivity contribution < 1.29 is 13.2 Å². The van der Waals surface area contributed by atoms with E-state index in [0.717, 1.165) is 27.9 Å². The molecule has 1 N–H and O–H groups in total. The summed E-state index contributed by atoms with van der Waals surface area (Å²) < 4.78 is 28.6. The fourth-order valence-corrected chi connectivity index (χ4v) is 5.94. The van der Waals surface area contributed by atoms with Crippen LogP contribution in [-0.4, -0.2) is 39.3 Å². The SMILES string of the molecule is Cc1ccc(S(=O)(=O)N2CCc3ccccc3C2CC(=O)NCc2ccc(N(C)C)cc2)cc1. The van der Waals surface area contributed by atoms with Gasteiger partial charge in [0.2, 0.25) is 15.9 Å². The smallest absolute Gasteiger partial charge is 0.243 e. The number of sulfonamides is 1. The van der Waals surface area contributed by atoms with Gasteiger partial charge in [-0.25, -0.2) is 8.42 Å². The van der Waals surface area contributed by atoms with E-state index in [1.54, 1.807) is 24.3 Å². The Bertz CT molecular complexity index is 1250. The fourth-order valence-electron chi connectivity index (χ4n) is 4.33. The third kappa shape index (κ3) is 5.16. The summed E-state index contributed by atoms with van der Waals surface area (Å²) in [6.45, 7) is 2.66. The molecule has 1 atom stereocenters. The van der Waals surface area contributed by atoms with Crippen molar-refractivity contribution in [2.45, 2.75) is 37.2 Å². The minimum atomic E-state index is -3.75. The van der Waals surface area contributed by atoms with Gasteiger partial charge in [0.05, 0.1) is 10.9 Å². The van der Waals surface area contributed by atoms with Gasteiger partial charge in [-0.1, -0.05) is 54.1 Å². The van der Waals surface area contributed by atoms with Crippen molar-refractivity contribution in [3.05, 3.63) is 95.1 Å². The molecule has 1 aliphatic rings. The van der Waals surface area contributed by atoms with Gasteiger partial charge in [-0.3, -0.25) is 4.79 Å². The van der Waals surface area contributed by atoms with Crippen molar-refractivity contribution in [2.24, 2.45) is 0 Å². The molecule has 4 rings (SSSR count). The van der Waals surface area contributed by atoms with Gasteiger partial charge < -0.3 is 10.2 Å². The number of anilines is 1. The highest BCUT2D eigenvalue weighted by atomic mass is 32.2. The Kier molecular flexibility index (Phi) is 7.05. The Morgan fingerprint density at radius 1 is 1.00 bits per heavy atom. The number of hydrogen-bond acceptors (Lipinski definition) is 4. The standard InChI is InChI=1S/C27H31N3O3S/c1-20-8-14-24(15-9-20)34(32,33)30-17-16-22-6-4-5-7-25(22)26(30)18-27(31)28-19-21-10-12-23(13-11-21)29(2)3/h4-15,26H,16-19H2,1-3H3,(H,28,31). The highest BCUT2D eigenvalue weighted by Crippen LogP contribution is 2.36. The summed E-state index contributed by atoms with van der Waals surface area (Å²) in [5, 5.41) is 2.97. The molecule has 34 heavy (non-hydrogen) atoms.